The van der Waals surface area contributed by atoms with Crippen LogP contribution in [0.15, 0.2) is 84.3 Å². The Kier molecular flexibility index (Phi) is 9.88. The molecular weight excluding hydrogens is 446 g/mol. The lowest BCUT2D eigenvalue weighted by Crippen LogP contribution is -2.45. The van der Waals surface area contributed by atoms with Crippen LogP contribution in [0.4, 0.5) is 5.69 Å². The van der Waals surface area contributed by atoms with E-state index in [0.717, 1.165) is 12.8 Å². The lowest BCUT2D eigenvalue weighted by Gasteiger charge is -2.18. The molecule has 1 aromatic heterocycles. The zero-order chi connectivity index (χ0) is 24.2. The molecule has 0 saturated carbocycles. The number of anilines is 1. The molecule has 0 spiro atoms. The molecule has 34 heavy (non-hydrogen) atoms. The fourth-order valence-corrected chi connectivity index (χ4v) is 4.14. The highest BCUT2D eigenvalue weighted by Gasteiger charge is 2.17. The van der Waals surface area contributed by atoms with Gasteiger partial charge < -0.3 is 21.1 Å². The van der Waals surface area contributed by atoms with Crippen LogP contribution in [0, 0.1) is 0 Å². The Balaban J connectivity index is 1.59. The van der Waals surface area contributed by atoms with Gasteiger partial charge in [-0.05, 0) is 67.0 Å². The van der Waals surface area contributed by atoms with Crippen molar-refractivity contribution in [3.63, 3.8) is 0 Å². The number of ether oxygens (including phenoxy) is 1. The van der Waals surface area contributed by atoms with E-state index in [1.165, 1.54) is 16.5 Å². The average Bonchev–Trinajstić information content (AvgIpc) is 3.39. The highest BCUT2D eigenvalue weighted by atomic mass is 32.1. The van der Waals surface area contributed by atoms with E-state index in [9.17, 15) is 9.59 Å². The number of hydrogen-bond donors (Lipinski definition) is 3. The molecule has 2 atom stereocenters. The molecule has 2 aromatic carbocycles. The first-order chi connectivity index (χ1) is 16.5. The van der Waals surface area contributed by atoms with Crippen LogP contribution in [0.1, 0.15) is 23.3 Å². The van der Waals surface area contributed by atoms with E-state index in [-0.39, 0.29) is 17.9 Å². The largest absolute Gasteiger partial charge is 0.497 e. The van der Waals surface area contributed by atoms with E-state index in [1.54, 1.807) is 48.8 Å². The maximum absolute atomic E-state index is 12.7. The topological polar surface area (TPSA) is 93.5 Å². The number of carbonyl (C=O) groups is 2. The Labute approximate surface area is 204 Å². The molecule has 0 fully saturated rings. The first-order valence-corrected chi connectivity index (χ1v) is 12.2. The summed E-state index contributed by atoms with van der Waals surface area (Å²) in [5.74, 6) is 0.230. The van der Waals surface area contributed by atoms with Crippen molar-refractivity contribution >= 4 is 28.8 Å². The second-order valence-corrected chi connectivity index (χ2v) is 8.97. The predicted molar refractivity (Wildman–Crippen MR) is 138 cm³/mol. The van der Waals surface area contributed by atoms with Gasteiger partial charge >= 0.3 is 0 Å². The number of thiophene rings is 1. The van der Waals surface area contributed by atoms with Crippen LogP contribution in [0.25, 0.3) is 0 Å². The Morgan fingerprint density at radius 1 is 1.00 bits per heavy atom. The third-order valence-electron chi connectivity index (χ3n) is 5.37. The third-order valence-corrected chi connectivity index (χ3v) is 6.31. The Morgan fingerprint density at radius 2 is 1.76 bits per heavy atom. The number of methoxy groups -OCH3 is 1. The van der Waals surface area contributed by atoms with E-state index < -0.39 is 6.04 Å². The number of nitrogens with one attached hydrogen (secondary N) is 2. The molecule has 0 saturated heterocycles. The number of amides is 2. The second kappa shape index (κ2) is 13.3. The Morgan fingerprint density at radius 3 is 2.44 bits per heavy atom. The summed E-state index contributed by atoms with van der Waals surface area (Å²) in [6, 6.07) is 20.2. The fraction of sp³-hybridized carbons (Fsp3) is 0.259. The lowest BCUT2D eigenvalue weighted by atomic mass is 10.0. The SMILES string of the molecule is COc1ccc(NC(=O)C=CC(CCc2ccccc2)NC(=O)C(N)CCc2cccs2)cc1. The molecule has 4 N–H and O–H groups in total. The van der Waals surface area contributed by atoms with Gasteiger partial charge in [0, 0.05) is 22.7 Å². The highest BCUT2D eigenvalue weighted by Crippen LogP contribution is 2.15. The van der Waals surface area contributed by atoms with Crippen molar-refractivity contribution < 1.29 is 14.3 Å². The summed E-state index contributed by atoms with van der Waals surface area (Å²) in [6.45, 7) is 0. The molecule has 0 aliphatic heterocycles. The summed E-state index contributed by atoms with van der Waals surface area (Å²) in [6.07, 6.45) is 5.93. The molecule has 1 heterocycles. The van der Waals surface area contributed by atoms with Crippen molar-refractivity contribution in [1.82, 2.24) is 5.32 Å². The lowest BCUT2D eigenvalue weighted by molar-refractivity contribution is -0.123. The minimum Gasteiger partial charge on any atom is -0.497 e. The van der Waals surface area contributed by atoms with Gasteiger partial charge in [-0.2, -0.15) is 0 Å². The first-order valence-electron chi connectivity index (χ1n) is 11.3. The van der Waals surface area contributed by atoms with Crippen molar-refractivity contribution in [2.24, 2.45) is 5.73 Å². The van der Waals surface area contributed by atoms with Gasteiger partial charge in [0.15, 0.2) is 0 Å². The quantitative estimate of drug-likeness (QED) is 0.339. The van der Waals surface area contributed by atoms with Gasteiger partial charge in [-0.15, -0.1) is 11.3 Å². The minimum absolute atomic E-state index is 0.213. The zero-order valence-electron chi connectivity index (χ0n) is 19.3. The molecule has 3 rings (SSSR count). The fourth-order valence-electron chi connectivity index (χ4n) is 3.42. The molecule has 178 valence electrons. The Hall–Kier alpha value is -3.42. The standard InChI is InChI=1S/C27H31N3O3S/c1-33-23-14-11-21(12-15-23)29-26(31)18-13-22(10-9-20-6-3-2-4-7-20)30-27(32)25(28)17-16-24-8-5-19-34-24/h2-8,11-15,18-19,22,25H,9-10,16-17,28H2,1H3,(H,29,31)(H,30,32). The van der Waals surface area contributed by atoms with Gasteiger partial charge in [0.1, 0.15) is 5.75 Å². The van der Waals surface area contributed by atoms with Crippen LogP contribution < -0.4 is 21.1 Å². The van der Waals surface area contributed by atoms with Gasteiger partial charge in [0.05, 0.1) is 13.2 Å². The number of nitrogens with two attached hydrogens (primary N) is 1. The molecular formula is C27H31N3O3S. The maximum Gasteiger partial charge on any atom is 0.248 e. The van der Waals surface area contributed by atoms with E-state index >= 15 is 0 Å². The van der Waals surface area contributed by atoms with E-state index in [1.807, 2.05) is 47.8 Å². The monoisotopic (exact) mass is 477 g/mol. The van der Waals surface area contributed by atoms with Crippen LogP contribution >= 0.6 is 11.3 Å². The average molecular weight is 478 g/mol. The Bertz CT molecular complexity index is 1050. The normalized spacial score (nSPS) is 12.8. The smallest absolute Gasteiger partial charge is 0.248 e. The highest BCUT2D eigenvalue weighted by molar-refractivity contribution is 7.09. The van der Waals surface area contributed by atoms with Crippen molar-refractivity contribution in [1.29, 1.82) is 0 Å². The van der Waals surface area contributed by atoms with Crippen molar-refractivity contribution in [3.8, 4) is 5.75 Å². The predicted octanol–water partition coefficient (Wildman–Crippen LogP) is 4.33. The summed E-state index contributed by atoms with van der Waals surface area (Å²) in [4.78, 5) is 26.4. The first kappa shape index (κ1) is 25.2. The molecule has 0 bridgehead atoms. The van der Waals surface area contributed by atoms with Crippen LogP contribution in [0.2, 0.25) is 0 Å². The summed E-state index contributed by atoms with van der Waals surface area (Å²) in [7, 11) is 1.59. The van der Waals surface area contributed by atoms with E-state index in [2.05, 4.69) is 10.6 Å². The molecule has 3 aromatic rings. The second-order valence-electron chi connectivity index (χ2n) is 7.94. The molecule has 0 aliphatic rings. The van der Waals surface area contributed by atoms with Gasteiger partial charge in [-0.1, -0.05) is 42.5 Å². The molecule has 0 radical (unpaired) electrons. The van der Waals surface area contributed by atoms with Crippen LogP contribution in [-0.4, -0.2) is 31.0 Å². The number of carbonyl (C=O) groups excluding carboxylic acids is 2. The van der Waals surface area contributed by atoms with E-state index in [0.29, 0.717) is 24.3 Å². The number of benzene rings is 2. The maximum atomic E-state index is 12.7. The van der Waals surface area contributed by atoms with Crippen molar-refractivity contribution in [3.05, 3.63) is 94.7 Å². The summed E-state index contributed by atoms with van der Waals surface area (Å²) in [5, 5.41) is 7.84. The van der Waals surface area contributed by atoms with Gasteiger partial charge in [0.25, 0.3) is 0 Å². The zero-order valence-corrected chi connectivity index (χ0v) is 20.1. The number of hydrogen-bond acceptors (Lipinski definition) is 5. The molecule has 2 unspecified atom stereocenters. The van der Waals surface area contributed by atoms with Gasteiger partial charge in [0.2, 0.25) is 11.8 Å². The van der Waals surface area contributed by atoms with Crippen LogP contribution in [0.3, 0.4) is 0 Å². The summed E-state index contributed by atoms with van der Waals surface area (Å²) >= 11 is 1.66. The molecule has 2 amide bonds. The minimum atomic E-state index is -0.608. The van der Waals surface area contributed by atoms with E-state index in [4.69, 9.17) is 10.5 Å². The summed E-state index contributed by atoms with van der Waals surface area (Å²) in [5.41, 5.74) is 7.98. The number of aryl methyl sites for hydroxylation is 2. The van der Waals surface area contributed by atoms with Crippen molar-refractivity contribution in [2.45, 2.75) is 37.8 Å². The van der Waals surface area contributed by atoms with Crippen LogP contribution in [-0.2, 0) is 22.4 Å². The number of rotatable bonds is 12. The molecule has 7 heteroatoms. The van der Waals surface area contributed by atoms with Gasteiger partial charge in [-0.3, -0.25) is 9.59 Å². The third kappa shape index (κ3) is 8.50. The van der Waals surface area contributed by atoms with Crippen LogP contribution in [0.5, 0.6) is 5.75 Å². The van der Waals surface area contributed by atoms with Crippen molar-refractivity contribution in [2.75, 3.05) is 12.4 Å². The summed E-state index contributed by atoms with van der Waals surface area (Å²) < 4.78 is 5.13. The molecule has 6 nitrogen and oxygen atoms in total. The molecule has 0 aliphatic carbocycles. The van der Waals surface area contributed by atoms with Gasteiger partial charge in [-0.25, -0.2) is 0 Å².